The number of carbonyl (C=O) groups is 1. The Kier molecular flexibility index (Phi) is 7.43. The van der Waals surface area contributed by atoms with E-state index < -0.39 is 0 Å². The highest BCUT2D eigenvalue weighted by Crippen LogP contribution is 2.20. The molecular weight excluding hydrogens is 425 g/mol. The van der Waals surface area contributed by atoms with E-state index >= 15 is 0 Å². The van der Waals surface area contributed by atoms with E-state index in [1.165, 1.54) is 4.57 Å². The summed E-state index contributed by atoms with van der Waals surface area (Å²) in [7, 11) is 0. The number of rotatable bonds is 8. The minimum atomic E-state index is -0.347. The van der Waals surface area contributed by atoms with E-state index in [9.17, 15) is 9.59 Å². The molecule has 2 heterocycles. The van der Waals surface area contributed by atoms with E-state index in [-0.39, 0.29) is 30.4 Å². The number of nitrogens with one attached hydrogen (secondary N) is 2. The van der Waals surface area contributed by atoms with Crippen LogP contribution in [-0.2, 0) is 24.3 Å². The third-order valence-electron chi connectivity index (χ3n) is 4.49. The van der Waals surface area contributed by atoms with Crippen LogP contribution in [0, 0.1) is 6.92 Å². The van der Waals surface area contributed by atoms with Gasteiger partial charge in [0.25, 0.3) is 5.56 Å². The molecule has 0 atom stereocenters. The standard InChI is InChI=1S/C21H21Cl2N5O2/c1-14-11-27-20(25-9-6-15-4-7-24-8-5-15)21(30)28(14)13-19(29)26-12-16-10-17(22)2-3-18(16)23/h2-5,7-8,10-11H,6,9,12-13H2,1H3,(H,25,27)(H,26,29). The number of nitrogens with zero attached hydrogens (tertiary/aromatic N) is 3. The van der Waals surface area contributed by atoms with Crippen molar-refractivity contribution in [3.8, 4) is 0 Å². The molecule has 7 nitrogen and oxygen atoms in total. The number of aromatic nitrogens is 3. The molecule has 0 aliphatic carbocycles. The Balaban J connectivity index is 1.62. The Labute approximate surface area is 184 Å². The molecule has 0 aliphatic heterocycles. The first-order valence-corrected chi connectivity index (χ1v) is 10.1. The van der Waals surface area contributed by atoms with Crippen LogP contribution in [0.3, 0.4) is 0 Å². The second kappa shape index (κ2) is 10.2. The number of anilines is 1. The number of carbonyl (C=O) groups excluding carboxylic acids is 1. The molecule has 0 fully saturated rings. The van der Waals surface area contributed by atoms with Gasteiger partial charge in [0.05, 0.1) is 0 Å². The minimum absolute atomic E-state index is 0.121. The highest BCUT2D eigenvalue weighted by Gasteiger charge is 2.12. The van der Waals surface area contributed by atoms with Crippen LogP contribution in [0.4, 0.5) is 5.82 Å². The van der Waals surface area contributed by atoms with Crippen molar-refractivity contribution in [2.75, 3.05) is 11.9 Å². The highest BCUT2D eigenvalue weighted by molar-refractivity contribution is 6.33. The molecule has 0 saturated heterocycles. The van der Waals surface area contributed by atoms with Gasteiger partial charge in [0.15, 0.2) is 5.82 Å². The molecule has 0 aliphatic rings. The average molecular weight is 446 g/mol. The normalized spacial score (nSPS) is 10.6. The van der Waals surface area contributed by atoms with Crippen molar-refractivity contribution in [2.45, 2.75) is 26.4 Å². The van der Waals surface area contributed by atoms with Crippen molar-refractivity contribution in [1.82, 2.24) is 19.9 Å². The molecular formula is C21H21Cl2N5O2. The summed E-state index contributed by atoms with van der Waals surface area (Å²) >= 11 is 12.1. The van der Waals surface area contributed by atoms with Gasteiger partial charge in [-0.3, -0.25) is 19.1 Å². The van der Waals surface area contributed by atoms with Crippen molar-refractivity contribution in [3.63, 3.8) is 0 Å². The van der Waals surface area contributed by atoms with Crippen LogP contribution in [0.1, 0.15) is 16.8 Å². The molecule has 156 valence electrons. The maximum absolute atomic E-state index is 12.8. The molecule has 9 heteroatoms. The van der Waals surface area contributed by atoms with Crippen LogP contribution in [0.25, 0.3) is 0 Å². The summed E-state index contributed by atoms with van der Waals surface area (Å²) < 4.78 is 1.39. The van der Waals surface area contributed by atoms with Gasteiger partial charge < -0.3 is 10.6 Å². The van der Waals surface area contributed by atoms with Crippen LogP contribution in [-0.4, -0.2) is 27.0 Å². The number of benzene rings is 1. The maximum Gasteiger partial charge on any atom is 0.293 e. The molecule has 3 aromatic rings. The van der Waals surface area contributed by atoms with E-state index in [2.05, 4.69) is 20.6 Å². The van der Waals surface area contributed by atoms with Gasteiger partial charge in [-0.25, -0.2) is 4.98 Å². The molecule has 3 rings (SSSR count). The molecule has 2 N–H and O–H groups in total. The Hall–Kier alpha value is -2.90. The summed E-state index contributed by atoms with van der Waals surface area (Å²) in [5, 5.41) is 6.86. The molecule has 0 spiro atoms. The fourth-order valence-electron chi connectivity index (χ4n) is 2.84. The Morgan fingerprint density at radius 2 is 1.93 bits per heavy atom. The highest BCUT2D eigenvalue weighted by atomic mass is 35.5. The van der Waals surface area contributed by atoms with Crippen molar-refractivity contribution in [3.05, 3.63) is 86.1 Å². The van der Waals surface area contributed by atoms with E-state index in [1.54, 1.807) is 43.7 Å². The van der Waals surface area contributed by atoms with Crippen LogP contribution >= 0.6 is 23.2 Å². The summed E-state index contributed by atoms with van der Waals surface area (Å²) in [6.45, 7) is 2.36. The molecule has 30 heavy (non-hydrogen) atoms. The second-order valence-electron chi connectivity index (χ2n) is 6.68. The number of pyridine rings is 1. The Morgan fingerprint density at radius 1 is 1.17 bits per heavy atom. The van der Waals surface area contributed by atoms with Gasteiger partial charge in [-0.2, -0.15) is 0 Å². The number of hydrogen-bond donors (Lipinski definition) is 2. The smallest absolute Gasteiger partial charge is 0.293 e. The van der Waals surface area contributed by atoms with Crippen molar-refractivity contribution < 1.29 is 4.79 Å². The van der Waals surface area contributed by atoms with Gasteiger partial charge in [0.1, 0.15) is 6.54 Å². The molecule has 0 bridgehead atoms. The predicted molar refractivity (Wildman–Crippen MR) is 118 cm³/mol. The summed E-state index contributed by atoms with van der Waals surface area (Å²) in [6, 6.07) is 8.88. The fourth-order valence-corrected chi connectivity index (χ4v) is 3.21. The van der Waals surface area contributed by atoms with Gasteiger partial charge in [0.2, 0.25) is 5.91 Å². The number of amides is 1. The SMILES string of the molecule is Cc1cnc(NCCc2ccncc2)c(=O)n1CC(=O)NCc1cc(Cl)ccc1Cl. The number of hydrogen-bond acceptors (Lipinski definition) is 5. The molecule has 0 radical (unpaired) electrons. The minimum Gasteiger partial charge on any atom is -0.365 e. The molecule has 1 aromatic carbocycles. The summed E-state index contributed by atoms with van der Waals surface area (Å²) in [6.07, 6.45) is 5.74. The monoisotopic (exact) mass is 445 g/mol. The Bertz CT molecular complexity index is 1090. The van der Waals surface area contributed by atoms with Gasteiger partial charge in [-0.05, 0) is 54.8 Å². The van der Waals surface area contributed by atoms with Gasteiger partial charge in [-0.15, -0.1) is 0 Å². The van der Waals surface area contributed by atoms with E-state index in [4.69, 9.17) is 23.2 Å². The number of aryl methyl sites for hydroxylation is 1. The zero-order valence-electron chi connectivity index (χ0n) is 16.4. The van der Waals surface area contributed by atoms with Gasteiger partial charge in [-0.1, -0.05) is 23.2 Å². The quantitative estimate of drug-likeness (QED) is 0.555. The summed E-state index contributed by atoms with van der Waals surface area (Å²) in [5.41, 5.74) is 2.05. The lowest BCUT2D eigenvalue weighted by atomic mass is 10.2. The molecule has 2 aromatic heterocycles. The topological polar surface area (TPSA) is 88.9 Å². The predicted octanol–water partition coefficient (Wildman–Crippen LogP) is 3.22. The molecule has 0 unspecified atom stereocenters. The largest absolute Gasteiger partial charge is 0.365 e. The van der Waals surface area contributed by atoms with Crippen molar-refractivity contribution in [1.29, 1.82) is 0 Å². The molecule has 1 amide bonds. The summed E-state index contributed by atoms with van der Waals surface area (Å²) in [5.74, 6) is -0.106. The van der Waals surface area contributed by atoms with E-state index in [1.807, 2.05) is 12.1 Å². The first-order chi connectivity index (χ1) is 14.4. The maximum atomic E-state index is 12.8. The van der Waals surface area contributed by atoms with Crippen LogP contribution in [0.5, 0.6) is 0 Å². The van der Waals surface area contributed by atoms with Crippen molar-refractivity contribution >= 4 is 34.9 Å². The zero-order chi connectivity index (χ0) is 21.5. The average Bonchev–Trinajstić information content (AvgIpc) is 2.74. The van der Waals surface area contributed by atoms with E-state index in [0.717, 1.165) is 12.0 Å². The lowest BCUT2D eigenvalue weighted by molar-refractivity contribution is -0.121. The second-order valence-corrected chi connectivity index (χ2v) is 7.53. The molecule has 0 saturated carbocycles. The lowest BCUT2D eigenvalue weighted by Crippen LogP contribution is -2.34. The number of halogens is 2. The summed E-state index contributed by atoms with van der Waals surface area (Å²) in [4.78, 5) is 33.3. The Morgan fingerprint density at radius 3 is 2.70 bits per heavy atom. The third-order valence-corrected chi connectivity index (χ3v) is 5.10. The van der Waals surface area contributed by atoms with Gasteiger partial charge >= 0.3 is 0 Å². The zero-order valence-corrected chi connectivity index (χ0v) is 17.9. The first kappa shape index (κ1) is 21.8. The van der Waals surface area contributed by atoms with Crippen LogP contribution < -0.4 is 16.2 Å². The fraction of sp³-hybridized carbons (Fsp3) is 0.238. The van der Waals surface area contributed by atoms with Crippen LogP contribution in [0.2, 0.25) is 10.0 Å². The van der Waals surface area contributed by atoms with Crippen LogP contribution in [0.15, 0.2) is 53.7 Å². The lowest BCUT2D eigenvalue weighted by Gasteiger charge is -2.13. The first-order valence-electron chi connectivity index (χ1n) is 9.34. The van der Waals surface area contributed by atoms with Gasteiger partial charge in [0, 0.05) is 47.4 Å². The van der Waals surface area contributed by atoms with E-state index in [0.29, 0.717) is 27.8 Å². The van der Waals surface area contributed by atoms with Crippen molar-refractivity contribution in [2.24, 2.45) is 0 Å². The third kappa shape index (κ3) is 5.81.